The monoisotopic (exact) mass is 713 g/mol. The maximum absolute atomic E-state index is 13.5. The van der Waals surface area contributed by atoms with Crippen molar-refractivity contribution in [3.05, 3.63) is 89.8 Å². The van der Waals surface area contributed by atoms with Crippen molar-refractivity contribution in [2.24, 2.45) is 0 Å². The highest BCUT2D eigenvalue weighted by Crippen LogP contribution is 2.29. The van der Waals surface area contributed by atoms with Gasteiger partial charge in [0.25, 0.3) is 0 Å². The number of ether oxygens (including phenoxy) is 4. The molecule has 1 fully saturated rings. The average molecular weight is 714 g/mol. The minimum atomic E-state index is -0.750. The molecule has 0 radical (unpaired) electrons. The highest BCUT2D eigenvalue weighted by molar-refractivity contribution is 6.02. The van der Waals surface area contributed by atoms with E-state index >= 15 is 0 Å². The van der Waals surface area contributed by atoms with Crippen LogP contribution in [0.1, 0.15) is 59.9 Å². The Bertz CT molecular complexity index is 1740. The number of amides is 3. The molecule has 2 N–H and O–H groups in total. The Labute approximate surface area is 305 Å². The van der Waals surface area contributed by atoms with Crippen LogP contribution in [0.2, 0.25) is 0 Å². The first kappa shape index (κ1) is 39.0. The van der Waals surface area contributed by atoms with Gasteiger partial charge in [-0.15, -0.1) is 0 Å². The van der Waals surface area contributed by atoms with E-state index in [1.165, 1.54) is 11.0 Å². The molecule has 0 aromatic heterocycles. The van der Waals surface area contributed by atoms with E-state index in [1.807, 2.05) is 51.1 Å². The molecular formula is C39H47N5O8. The number of esters is 1. The second-order valence-electron chi connectivity index (χ2n) is 14.2. The maximum Gasteiger partial charge on any atom is 0.415 e. The number of benzene rings is 3. The summed E-state index contributed by atoms with van der Waals surface area (Å²) in [7, 11) is 0. The smallest absolute Gasteiger partial charge is 0.415 e. The van der Waals surface area contributed by atoms with Gasteiger partial charge in [0.05, 0.1) is 17.9 Å². The first-order valence-corrected chi connectivity index (χ1v) is 17.1. The molecule has 1 heterocycles. The Hall–Kier alpha value is -5.77. The van der Waals surface area contributed by atoms with Crippen LogP contribution in [-0.4, -0.2) is 72.4 Å². The predicted octanol–water partition coefficient (Wildman–Crippen LogP) is 7.55. The summed E-state index contributed by atoms with van der Waals surface area (Å²) in [5.74, 6) is -0.501. The molecule has 13 heteroatoms. The molecule has 4 rings (SSSR count). The Morgan fingerprint density at radius 2 is 1.52 bits per heavy atom. The zero-order valence-electron chi connectivity index (χ0n) is 30.6. The molecule has 3 aromatic carbocycles. The Morgan fingerprint density at radius 3 is 2.13 bits per heavy atom. The van der Waals surface area contributed by atoms with Gasteiger partial charge in [0.2, 0.25) is 5.91 Å². The van der Waals surface area contributed by atoms with Crippen LogP contribution < -0.4 is 20.3 Å². The molecule has 1 aliphatic heterocycles. The largest absolute Gasteiger partial charge is 0.490 e. The third-order valence-electron chi connectivity index (χ3n) is 7.52. The second kappa shape index (κ2) is 17.4. The van der Waals surface area contributed by atoms with Gasteiger partial charge in [-0.1, -0.05) is 36.4 Å². The Balaban J connectivity index is 1.45. The number of carbonyl (C=O) groups excluding carboxylic acids is 4. The molecule has 52 heavy (non-hydrogen) atoms. The summed E-state index contributed by atoms with van der Waals surface area (Å²) in [4.78, 5) is 58.1. The zero-order chi connectivity index (χ0) is 37.9. The molecule has 0 atom stereocenters. The van der Waals surface area contributed by atoms with Crippen molar-refractivity contribution in [1.29, 1.82) is 0 Å². The van der Waals surface area contributed by atoms with E-state index in [-0.39, 0.29) is 36.7 Å². The molecule has 1 aliphatic rings. The van der Waals surface area contributed by atoms with Gasteiger partial charge >= 0.3 is 18.2 Å². The van der Waals surface area contributed by atoms with Gasteiger partial charge in [-0.05, 0) is 83.5 Å². The van der Waals surface area contributed by atoms with Crippen molar-refractivity contribution in [3.63, 3.8) is 0 Å². The van der Waals surface area contributed by atoms with Crippen LogP contribution in [0.4, 0.5) is 32.3 Å². The average Bonchev–Trinajstić information content (AvgIpc) is 3.08. The lowest BCUT2D eigenvalue weighted by molar-refractivity contribution is -0.152. The van der Waals surface area contributed by atoms with Gasteiger partial charge in [0.1, 0.15) is 42.8 Å². The van der Waals surface area contributed by atoms with Gasteiger partial charge in [-0.3, -0.25) is 14.5 Å². The van der Waals surface area contributed by atoms with Gasteiger partial charge < -0.3 is 34.5 Å². The standard InChI is InChI=1S/C39H47N5O8/c1-38(2,3)51-35(46)24-41-32-18-13-28(40-7)23-33(32)42-34(45)25-44(37(48)49-26-27-11-9-8-10-12-27)29-14-16-30(17-15-29)50-31-19-21-43(22-20-31)36(47)52-39(4,5)6/h8-18,23,31,41H,19-22,24-26H2,1-6H3,(H,42,45). The quantitative estimate of drug-likeness (QED) is 0.117. The van der Waals surface area contributed by atoms with Crippen molar-refractivity contribution in [3.8, 4) is 5.75 Å². The van der Waals surface area contributed by atoms with Gasteiger partial charge in [0, 0.05) is 31.6 Å². The van der Waals surface area contributed by atoms with Crippen LogP contribution in [0.3, 0.4) is 0 Å². The number of nitrogens with one attached hydrogen (secondary N) is 2. The number of hydrogen-bond donors (Lipinski definition) is 2. The molecule has 276 valence electrons. The fraction of sp³-hybridized carbons (Fsp3) is 0.410. The van der Waals surface area contributed by atoms with E-state index in [4.69, 9.17) is 25.5 Å². The number of piperidine rings is 1. The zero-order valence-corrected chi connectivity index (χ0v) is 30.6. The number of carbonyl (C=O) groups is 4. The van der Waals surface area contributed by atoms with E-state index in [1.54, 1.807) is 62.1 Å². The van der Waals surface area contributed by atoms with E-state index in [0.29, 0.717) is 43.1 Å². The maximum atomic E-state index is 13.5. The summed E-state index contributed by atoms with van der Waals surface area (Å²) in [5.41, 5.74) is 0.833. The summed E-state index contributed by atoms with van der Waals surface area (Å²) in [6.07, 6.45) is 0.0446. The molecule has 0 unspecified atom stereocenters. The SMILES string of the molecule is [C-]#[N+]c1ccc(NCC(=O)OC(C)(C)C)c(NC(=O)CN(C(=O)OCc2ccccc2)c2ccc(OC3CCN(C(=O)OC(C)(C)C)CC3)cc2)c1. The third-order valence-corrected chi connectivity index (χ3v) is 7.52. The van der Waals surface area contributed by atoms with Gasteiger partial charge in [-0.2, -0.15) is 0 Å². The summed E-state index contributed by atoms with van der Waals surface area (Å²) in [5, 5.41) is 5.73. The van der Waals surface area contributed by atoms with Gasteiger partial charge in [0.15, 0.2) is 5.69 Å². The van der Waals surface area contributed by atoms with E-state index in [2.05, 4.69) is 15.5 Å². The van der Waals surface area contributed by atoms with Crippen LogP contribution in [0.15, 0.2) is 72.8 Å². The molecule has 0 spiro atoms. The highest BCUT2D eigenvalue weighted by Gasteiger charge is 2.28. The van der Waals surface area contributed by atoms with E-state index in [0.717, 1.165) is 5.56 Å². The Kier molecular flexibility index (Phi) is 13.1. The first-order chi connectivity index (χ1) is 24.6. The predicted molar refractivity (Wildman–Crippen MR) is 198 cm³/mol. The van der Waals surface area contributed by atoms with Crippen LogP contribution in [0.25, 0.3) is 4.85 Å². The van der Waals surface area contributed by atoms with E-state index < -0.39 is 35.7 Å². The third kappa shape index (κ3) is 12.5. The fourth-order valence-corrected chi connectivity index (χ4v) is 5.18. The van der Waals surface area contributed by atoms with Crippen molar-refractivity contribution in [2.45, 2.75) is 78.3 Å². The lowest BCUT2D eigenvalue weighted by Crippen LogP contribution is -2.44. The summed E-state index contributed by atoms with van der Waals surface area (Å²) < 4.78 is 22.6. The molecule has 13 nitrogen and oxygen atoms in total. The topological polar surface area (TPSA) is 140 Å². The normalized spacial score (nSPS) is 13.3. The number of likely N-dealkylation sites (tertiary alicyclic amines) is 1. The first-order valence-electron chi connectivity index (χ1n) is 17.1. The van der Waals surface area contributed by atoms with Crippen molar-refractivity contribution < 1.29 is 38.1 Å². The number of rotatable bonds is 11. The van der Waals surface area contributed by atoms with Crippen molar-refractivity contribution >= 4 is 46.8 Å². The fourth-order valence-electron chi connectivity index (χ4n) is 5.18. The summed E-state index contributed by atoms with van der Waals surface area (Å²) in [6.45, 7) is 18.6. The van der Waals surface area contributed by atoms with Crippen molar-refractivity contribution in [1.82, 2.24) is 4.90 Å². The number of hydrogen-bond acceptors (Lipinski definition) is 9. The molecule has 0 saturated carbocycles. The minimum Gasteiger partial charge on any atom is -0.490 e. The molecule has 1 saturated heterocycles. The molecule has 0 aliphatic carbocycles. The van der Waals surface area contributed by atoms with Crippen LogP contribution in [-0.2, 0) is 30.4 Å². The second-order valence-corrected chi connectivity index (χ2v) is 14.2. The molecular weight excluding hydrogens is 666 g/mol. The molecule has 3 amide bonds. The summed E-state index contributed by atoms with van der Waals surface area (Å²) >= 11 is 0. The summed E-state index contributed by atoms with van der Waals surface area (Å²) in [6, 6.07) is 20.5. The number of nitrogens with zero attached hydrogens (tertiary/aromatic N) is 3. The van der Waals surface area contributed by atoms with Crippen molar-refractivity contribution in [2.75, 3.05) is 41.7 Å². The molecule has 3 aromatic rings. The van der Waals surface area contributed by atoms with Crippen LogP contribution in [0, 0.1) is 6.57 Å². The number of anilines is 3. The van der Waals surface area contributed by atoms with Gasteiger partial charge in [-0.25, -0.2) is 14.4 Å². The molecule has 0 bridgehead atoms. The van der Waals surface area contributed by atoms with E-state index in [9.17, 15) is 19.2 Å². The van der Waals surface area contributed by atoms with Crippen LogP contribution in [0.5, 0.6) is 5.75 Å². The minimum absolute atomic E-state index is 0.00718. The Morgan fingerprint density at radius 1 is 0.865 bits per heavy atom. The van der Waals surface area contributed by atoms with Crippen LogP contribution >= 0.6 is 0 Å². The lowest BCUT2D eigenvalue weighted by Gasteiger charge is -2.33. The highest BCUT2D eigenvalue weighted by atomic mass is 16.6. The lowest BCUT2D eigenvalue weighted by atomic mass is 10.1.